The van der Waals surface area contributed by atoms with Crippen LogP contribution in [0.2, 0.25) is 0 Å². The molecule has 0 heterocycles. The summed E-state index contributed by atoms with van der Waals surface area (Å²) in [6, 6.07) is 9.51. The average Bonchev–Trinajstić information content (AvgIpc) is 2.26. The van der Waals surface area contributed by atoms with Crippen molar-refractivity contribution in [3.63, 3.8) is 0 Å². The lowest BCUT2D eigenvalue weighted by Gasteiger charge is -2.14. The first kappa shape index (κ1) is 13.6. The second-order valence-corrected chi connectivity index (χ2v) is 5.92. The van der Waals surface area contributed by atoms with Crippen LogP contribution in [0, 0.1) is 18.2 Å². The van der Waals surface area contributed by atoms with Crippen molar-refractivity contribution in [2.45, 2.75) is 31.7 Å². The molecule has 92 valence electrons. The van der Waals surface area contributed by atoms with Crippen LogP contribution in [0.5, 0.6) is 0 Å². The van der Waals surface area contributed by atoms with E-state index in [4.69, 9.17) is 0 Å². The first-order valence-electron chi connectivity index (χ1n) is 5.40. The largest absolute Gasteiger partial charge is 0.332 e. The van der Waals surface area contributed by atoms with Gasteiger partial charge in [-0.2, -0.15) is 0 Å². The maximum absolute atomic E-state index is 11.9. The predicted octanol–water partition coefficient (Wildman–Crippen LogP) is 2.03. The molecule has 0 atom stereocenters. The number of hydrogen-bond donors (Lipinski definition) is 0. The maximum Gasteiger partial charge on any atom is 0.246 e. The SMILES string of the molecule is Cc1ccc(S(=O)(=O)C#CN(C)C(C)C)cc1. The molecule has 0 fully saturated rings. The summed E-state index contributed by atoms with van der Waals surface area (Å²) in [5, 5.41) is 2.32. The van der Waals surface area contributed by atoms with E-state index in [0.29, 0.717) is 0 Å². The third-order valence-electron chi connectivity index (χ3n) is 2.46. The number of nitrogens with zero attached hydrogens (tertiary/aromatic N) is 1. The highest BCUT2D eigenvalue weighted by molar-refractivity contribution is 7.96. The Hall–Kier alpha value is -1.47. The number of benzene rings is 1. The summed E-state index contributed by atoms with van der Waals surface area (Å²) in [7, 11) is -1.74. The zero-order chi connectivity index (χ0) is 13.1. The second kappa shape index (κ2) is 5.24. The molecule has 0 aliphatic heterocycles. The Morgan fingerprint density at radius 2 is 1.71 bits per heavy atom. The van der Waals surface area contributed by atoms with Crippen molar-refractivity contribution >= 4 is 9.84 Å². The zero-order valence-electron chi connectivity index (χ0n) is 10.6. The van der Waals surface area contributed by atoms with Crippen LogP contribution >= 0.6 is 0 Å². The van der Waals surface area contributed by atoms with Gasteiger partial charge < -0.3 is 4.90 Å². The topological polar surface area (TPSA) is 37.4 Å². The van der Waals surface area contributed by atoms with E-state index in [0.717, 1.165) is 5.56 Å². The molecular formula is C13H17NO2S. The number of hydrogen-bond acceptors (Lipinski definition) is 3. The van der Waals surface area contributed by atoms with Gasteiger partial charge in [0.25, 0.3) is 0 Å². The normalized spacial score (nSPS) is 10.9. The molecule has 1 aromatic rings. The van der Waals surface area contributed by atoms with Crippen molar-refractivity contribution in [1.29, 1.82) is 0 Å². The second-order valence-electron chi connectivity index (χ2n) is 4.24. The monoisotopic (exact) mass is 251 g/mol. The van der Waals surface area contributed by atoms with Crippen molar-refractivity contribution < 1.29 is 8.42 Å². The standard InChI is InChI=1S/C13H17NO2S/c1-11(2)14(4)9-10-17(15,16)13-7-5-12(3)6-8-13/h5-8,11H,1-4H3. The minimum Gasteiger partial charge on any atom is -0.332 e. The van der Waals surface area contributed by atoms with Crippen molar-refractivity contribution in [3.05, 3.63) is 29.8 Å². The number of sulfone groups is 1. The quantitative estimate of drug-likeness (QED) is 0.596. The molecular weight excluding hydrogens is 234 g/mol. The predicted molar refractivity (Wildman–Crippen MR) is 69.0 cm³/mol. The molecule has 0 unspecified atom stereocenters. The molecule has 4 heteroatoms. The number of rotatable bonds is 2. The summed E-state index contributed by atoms with van der Waals surface area (Å²) in [6.07, 6.45) is 0. The van der Waals surface area contributed by atoms with Crippen molar-refractivity contribution in [2.24, 2.45) is 0 Å². The molecule has 0 spiro atoms. The van der Waals surface area contributed by atoms with E-state index in [1.54, 1.807) is 36.2 Å². The highest BCUT2D eigenvalue weighted by Gasteiger charge is 2.10. The van der Waals surface area contributed by atoms with Crippen LogP contribution in [-0.2, 0) is 9.84 Å². The van der Waals surface area contributed by atoms with Crippen LogP contribution in [0.1, 0.15) is 19.4 Å². The number of aryl methyl sites for hydroxylation is 1. The Balaban J connectivity index is 3.01. The van der Waals surface area contributed by atoms with Crippen LogP contribution in [-0.4, -0.2) is 26.4 Å². The van der Waals surface area contributed by atoms with E-state index in [-0.39, 0.29) is 10.9 Å². The molecule has 17 heavy (non-hydrogen) atoms. The fourth-order valence-electron chi connectivity index (χ4n) is 1.04. The van der Waals surface area contributed by atoms with Crippen molar-refractivity contribution in [1.82, 2.24) is 4.90 Å². The molecule has 0 N–H and O–H groups in total. The van der Waals surface area contributed by atoms with Gasteiger partial charge in [-0.05, 0) is 32.9 Å². The van der Waals surface area contributed by atoms with Crippen LogP contribution in [0.4, 0.5) is 0 Å². The molecule has 0 aliphatic rings. The third-order valence-corrected chi connectivity index (χ3v) is 3.72. The van der Waals surface area contributed by atoms with Gasteiger partial charge in [-0.25, -0.2) is 8.42 Å². The molecule has 0 aromatic heterocycles. The van der Waals surface area contributed by atoms with Crippen LogP contribution in [0.3, 0.4) is 0 Å². The summed E-state index contributed by atoms with van der Waals surface area (Å²) in [5.41, 5.74) is 1.02. The van der Waals surface area contributed by atoms with Crippen molar-refractivity contribution in [2.75, 3.05) is 7.05 Å². The lowest BCUT2D eigenvalue weighted by molar-refractivity contribution is 0.398. The Morgan fingerprint density at radius 1 is 1.18 bits per heavy atom. The van der Waals surface area contributed by atoms with E-state index >= 15 is 0 Å². The van der Waals surface area contributed by atoms with E-state index in [2.05, 4.69) is 11.3 Å². The fourth-order valence-corrected chi connectivity index (χ4v) is 1.91. The molecule has 1 rings (SSSR count). The molecule has 1 aromatic carbocycles. The minimum absolute atomic E-state index is 0.190. The van der Waals surface area contributed by atoms with Crippen molar-refractivity contribution in [3.8, 4) is 11.3 Å². The highest BCUT2D eigenvalue weighted by Crippen LogP contribution is 2.11. The van der Waals surface area contributed by atoms with Gasteiger partial charge in [0, 0.05) is 19.1 Å². The molecule has 0 saturated heterocycles. The Bertz CT molecular complexity index is 533. The van der Waals surface area contributed by atoms with Gasteiger partial charge in [0.05, 0.1) is 10.1 Å². The summed E-state index contributed by atoms with van der Waals surface area (Å²) in [5.74, 6) is 0. The van der Waals surface area contributed by atoms with Gasteiger partial charge in [-0.1, -0.05) is 17.7 Å². The molecule has 0 aliphatic carbocycles. The van der Waals surface area contributed by atoms with Gasteiger partial charge in [0.1, 0.15) is 0 Å². The van der Waals surface area contributed by atoms with Gasteiger partial charge in [-0.15, -0.1) is 0 Å². The van der Waals surface area contributed by atoms with Gasteiger partial charge >= 0.3 is 0 Å². The first-order chi connectivity index (χ1) is 7.83. The molecule has 0 radical (unpaired) electrons. The third kappa shape index (κ3) is 3.79. The summed E-state index contributed by atoms with van der Waals surface area (Å²) in [4.78, 5) is 1.92. The lowest BCUT2D eigenvalue weighted by Crippen LogP contribution is -2.20. The fraction of sp³-hybridized carbons (Fsp3) is 0.385. The summed E-state index contributed by atoms with van der Waals surface area (Å²) < 4.78 is 23.7. The van der Waals surface area contributed by atoms with E-state index in [9.17, 15) is 8.42 Å². The maximum atomic E-state index is 11.9. The molecule has 3 nitrogen and oxygen atoms in total. The van der Waals surface area contributed by atoms with E-state index in [1.807, 2.05) is 20.8 Å². The Labute approximate surface area is 103 Å². The molecule has 0 bridgehead atoms. The van der Waals surface area contributed by atoms with Gasteiger partial charge in [0.2, 0.25) is 9.84 Å². The van der Waals surface area contributed by atoms with Gasteiger partial charge in [-0.3, -0.25) is 0 Å². The van der Waals surface area contributed by atoms with Crippen LogP contribution in [0.15, 0.2) is 29.2 Å². The summed E-state index contributed by atoms with van der Waals surface area (Å²) in [6.45, 7) is 5.81. The van der Waals surface area contributed by atoms with E-state index in [1.165, 1.54) is 0 Å². The smallest absolute Gasteiger partial charge is 0.246 e. The zero-order valence-corrected chi connectivity index (χ0v) is 11.4. The summed E-state index contributed by atoms with van der Waals surface area (Å²) >= 11 is 0. The Morgan fingerprint density at radius 3 is 2.18 bits per heavy atom. The molecule has 0 saturated carbocycles. The Kier molecular flexibility index (Phi) is 4.19. The molecule has 0 amide bonds. The lowest BCUT2D eigenvalue weighted by atomic mass is 10.2. The van der Waals surface area contributed by atoms with E-state index < -0.39 is 9.84 Å². The first-order valence-corrected chi connectivity index (χ1v) is 6.88. The van der Waals surface area contributed by atoms with Crippen LogP contribution < -0.4 is 0 Å². The van der Waals surface area contributed by atoms with Gasteiger partial charge in [0.15, 0.2) is 0 Å². The minimum atomic E-state index is -3.51. The highest BCUT2D eigenvalue weighted by atomic mass is 32.2. The average molecular weight is 251 g/mol. The van der Waals surface area contributed by atoms with Crippen LogP contribution in [0.25, 0.3) is 0 Å².